The highest BCUT2D eigenvalue weighted by Crippen LogP contribution is 2.29. The van der Waals surface area contributed by atoms with Gasteiger partial charge in [0.1, 0.15) is 11.6 Å². The van der Waals surface area contributed by atoms with Gasteiger partial charge in [-0.15, -0.1) is 0 Å². The van der Waals surface area contributed by atoms with Gasteiger partial charge >= 0.3 is 0 Å². The minimum Gasteiger partial charge on any atom is -0.209 e. The number of halogens is 6. The molecular weight excluding hydrogens is 486 g/mol. The summed E-state index contributed by atoms with van der Waals surface area (Å²) in [6.07, 6.45) is 1.17. The molecule has 0 aromatic heterocycles. The summed E-state index contributed by atoms with van der Waals surface area (Å²) in [4.78, 5) is 0. The Hall–Kier alpha value is -3.54. The molecule has 0 aliphatic rings. The van der Waals surface area contributed by atoms with Gasteiger partial charge in [-0.05, 0) is 38.0 Å². The molecule has 0 heterocycles. The first-order valence-electron chi connectivity index (χ1n) is 11.9. The summed E-state index contributed by atoms with van der Waals surface area (Å²) in [5.41, 5.74) is 2.80. The van der Waals surface area contributed by atoms with Crippen LogP contribution in [0.3, 0.4) is 0 Å². The van der Waals surface area contributed by atoms with Gasteiger partial charge in [-0.3, -0.25) is 0 Å². The van der Waals surface area contributed by atoms with Crippen molar-refractivity contribution >= 4 is 5.57 Å². The maximum atomic E-state index is 13.6. The number of hydrogen-bond donors (Lipinski definition) is 0. The monoisotopic (exact) mass is 520 g/mol. The van der Waals surface area contributed by atoms with Crippen molar-refractivity contribution in [2.45, 2.75) is 48.5 Å². The fourth-order valence-electron chi connectivity index (χ4n) is 2.84. The SMILES string of the molecule is C=C/C(=C(F)\C(F)=C(/C)F)c1ccc(C)cc1.CC.CC.Cc1ccc(-c2cc(F)cc(F)c2F)cc1. The van der Waals surface area contributed by atoms with E-state index < -0.39 is 34.9 Å². The highest BCUT2D eigenvalue weighted by atomic mass is 19.2. The van der Waals surface area contributed by atoms with Gasteiger partial charge < -0.3 is 0 Å². The summed E-state index contributed by atoms with van der Waals surface area (Å²) in [7, 11) is 0. The number of rotatable bonds is 4. The van der Waals surface area contributed by atoms with Crippen LogP contribution in [0.5, 0.6) is 0 Å². The van der Waals surface area contributed by atoms with Gasteiger partial charge in [-0.1, -0.05) is 100 Å². The van der Waals surface area contributed by atoms with Crippen LogP contribution in [0, 0.1) is 31.3 Å². The zero-order valence-electron chi connectivity index (χ0n) is 22.3. The molecule has 0 radical (unpaired) electrons. The van der Waals surface area contributed by atoms with Crippen molar-refractivity contribution in [1.29, 1.82) is 0 Å². The molecule has 37 heavy (non-hydrogen) atoms. The summed E-state index contributed by atoms with van der Waals surface area (Å²) < 4.78 is 78.8. The topological polar surface area (TPSA) is 0 Å². The molecule has 0 N–H and O–H groups in total. The lowest BCUT2D eigenvalue weighted by Gasteiger charge is -2.05. The molecule has 0 amide bonds. The third kappa shape index (κ3) is 10.2. The smallest absolute Gasteiger partial charge is 0.190 e. The fourth-order valence-corrected chi connectivity index (χ4v) is 2.84. The van der Waals surface area contributed by atoms with Crippen LogP contribution in [0.4, 0.5) is 26.3 Å². The van der Waals surface area contributed by atoms with Crippen molar-refractivity contribution in [3.63, 3.8) is 0 Å². The summed E-state index contributed by atoms with van der Waals surface area (Å²) in [5.74, 6) is -6.88. The first-order valence-corrected chi connectivity index (χ1v) is 11.9. The van der Waals surface area contributed by atoms with Crippen molar-refractivity contribution in [3.05, 3.63) is 125 Å². The molecule has 6 heteroatoms. The normalized spacial score (nSPS) is 11.3. The van der Waals surface area contributed by atoms with Gasteiger partial charge in [0.25, 0.3) is 0 Å². The Kier molecular flexibility index (Phi) is 15.4. The summed E-state index contributed by atoms with van der Waals surface area (Å²) >= 11 is 0. The average Bonchev–Trinajstić information content (AvgIpc) is 2.90. The van der Waals surface area contributed by atoms with E-state index >= 15 is 0 Å². The molecule has 0 fully saturated rings. The Morgan fingerprint density at radius 3 is 1.59 bits per heavy atom. The Morgan fingerprint density at radius 1 is 0.703 bits per heavy atom. The lowest BCUT2D eigenvalue weighted by Crippen LogP contribution is -1.92. The molecule has 0 bridgehead atoms. The summed E-state index contributed by atoms with van der Waals surface area (Å²) in [6.45, 7) is 16.0. The minimum atomic E-state index is -1.49. The van der Waals surface area contributed by atoms with E-state index in [1.807, 2.05) is 41.5 Å². The molecular formula is C31H34F6. The van der Waals surface area contributed by atoms with E-state index in [1.165, 1.54) is 6.08 Å². The van der Waals surface area contributed by atoms with Gasteiger partial charge in [0.2, 0.25) is 0 Å². The van der Waals surface area contributed by atoms with Crippen LogP contribution in [0.1, 0.15) is 51.3 Å². The van der Waals surface area contributed by atoms with Crippen LogP contribution in [0.2, 0.25) is 0 Å². The fraction of sp³-hybridized carbons (Fsp3) is 0.226. The van der Waals surface area contributed by atoms with E-state index in [0.717, 1.165) is 24.1 Å². The molecule has 3 aromatic rings. The average molecular weight is 521 g/mol. The molecule has 0 atom stereocenters. The van der Waals surface area contributed by atoms with Crippen molar-refractivity contribution in [3.8, 4) is 11.1 Å². The highest BCUT2D eigenvalue weighted by Gasteiger charge is 2.14. The number of hydrogen-bond acceptors (Lipinski definition) is 0. The predicted octanol–water partition coefficient (Wildman–Crippen LogP) is 11.2. The maximum Gasteiger partial charge on any atom is 0.190 e. The third-order valence-electron chi connectivity index (χ3n) is 4.65. The minimum absolute atomic E-state index is 0.0560. The van der Waals surface area contributed by atoms with E-state index in [1.54, 1.807) is 48.5 Å². The standard InChI is InChI=1S/C14H13F3.C13H9F3.2C2H6/c1-4-12(14(17)13(16)10(3)15)11-7-5-9(2)6-8-11;1-8-2-4-9(5-3-8)11-6-10(14)7-12(15)13(11)16;2*1-2/h4-8H,1H2,2-3H3;2-7H,1H3;2*1-2H3/b13-10-,14-12-;;;. The van der Waals surface area contributed by atoms with E-state index in [9.17, 15) is 26.3 Å². The highest BCUT2D eigenvalue weighted by molar-refractivity contribution is 5.77. The van der Waals surface area contributed by atoms with Gasteiger partial charge in [0.15, 0.2) is 23.3 Å². The van der Waals surface area contributed by atoms with Crippen LogP contribution >= 0.6 is 0 Å². The van der Waals surface area contributed by atoms with E-state index in [0.29, 0.717) is 17.2 Å². The molecule has 0 saturated heterocycles. The van der Waals surface area contributed by atoms with Crippen molar-refractivity contribution < 1.29 is 26.3 Å². The second-order valence-electron chi connectivity index (χ2n) is 7.26. The molecule has 0 saturated carbocycles. The lowest BCUT2D eigenvalue weighted by atomic mass is 10.0. The molecule has 3 rings (SSSR count). The Balaban J connectivity index is 0.000000618. The zero-order valence-corrected chi connectivity index (χ0v) is 22.3. The number of aryl methyl sites for hydroxylation is 2. The largest absolute Gasteiger partial charge is 0.209 e. The molecule has 0 unspecified atom stereocenters. The first-order chi connectivity index (χ1) is 17.5. The number of benzene rings is 3. The van der Waals surface area contributed by atoms with E-state index in [4.69, 9.17) is 0 Å². The van der Waals surface area contributed by atoms with Crippen molar-refractivity contribution in [1.82, 2.24) is 0 Å². The molecule has 3 aromatic carbocycles. The first kappa shape index (κ1) is 33.5. The predicted molar refractivity (Wildman–Crippen MR) is 144 cm³/mol. The zero-order chi connectivity index (χ0) is 28.7. The van der Waals surface area contributed by atoms with Gasteiger partial charge in [0, 0.05) is 17.2 Å². The summed E-state index contributed by atoms with van der Waals surface area (Å²) in [5, 5.41) is 0. The Bertz CT molecular complexity index is 1180. The van der Waals surface area contributed by atoms with E-state index in [2.05, 4.69) is 6.58 Å². The van der Waals surface area contributed by atoms with Gasteiger partial charge in [0.05, 0.1) is 0 Å². The molecule has 0 nitrogen and oxygen atoms in total. The quantitative estimate of drug-likeness (QED) is 0.182. The molecule has 0 aliphatic heterocycles. The van der Waals surface area contributed by atoms with Crippen LogP contribution in [0.25, 0.3) is 16.7 Å². The molecule has 0 aliphatic carbocycles. The number of allylic oxidation sites excluding steroid dienone is 5. The van der Waals surface area contributed by atoms with Crippen LogP contribution in [-0.4, -0.2) is 0 Å². The Labute approximate surface area is 216 Å². The van der Waals surface area contributed by atoms with Crippen LogP contribution in [-0.2, 0) is 0 Å². The lowest BCUT2D eigenvalue weighted by molar-refractivity contribution is 0.496. The van der Waals surface area contributed by atoms with Gasteiger partial charge in [-0.2, -0.15) is 0 Å². The molecule has 200 valence electrons. The second-order valence-corrected chi connectivity index (χ2v) is 7.26. The second kappa shape index (κ2) is 17.0. The maximum absolute atomic E-state index is 13.6. The van der Waals surface area contributed by atoms with Crippen LogP contribution in [0.15, 0.2) is 90.8 Å². The van der Waals surface area contributed by atoms with Crippen molar-refractivity contribution in [2.24, 2.45) is 0 Å². The van der Waals surface area contributed by atoms with Crippen LogP contribution < -0.4 is 0 Å². The summed E-state index contributed by atoms with van der Waals surface area (Å²) in [6, 6.07) is 15.1. The molecule has 0 spiro atoms. The van der Waals surface area contributed by atoms with Crippen molar-refractivity contribution in [2.75, 3.05) is 0 Å². The third-order valence-corrected chi connectivity index (χ3v) is 4.65. The van der Waals surface area contributed by atoms with E-state index in [-0.39, 0.29) is 11.1 Å². The Morgan fingerprint density at radius 2 is 1.16 bits per heavy atom. The van der Waals surface area contributed by atoms with Gasteiger partial charge in [-0.25, -0.2) is 26.3 Å².